The molecule has 3 N–H and O–H groups in total. The minimum atomic E-state index is -1.23. The Balaban J connectivity index is 1.51. The molecule has 1 heterocycles. The Hall–Kier alpha value is -4.17. The van der Waals surface area contributed by atoms with E-state index in [0.29, 0.717) is 19.4 Å². The number of nitrogens with one attached hydrogen (secondary N) is 3. The summed E-state index contributed by atoms with van der Waals surface area (Å²) in [6.07, 6.45) is 1.34. The zero-order valence-electron chi connectivity index (χ0n) is 37.7. The van der Waals surface area contributed by atoms with E-state index in [9.17, 15) is 24.0 Å². The molecule has 4 rings (SSSR count). The molecule has 1 aliphatic heterocycles. The molecule has 13 nitrogen and oxygen atoms in total. The van der Waals surface area contributed by atoms with E-state index in [1.54, 1.807) is 33.1 Å². The van der Waals surface area contributed by atoms with Crippen LogP contribution in [-0.4, -0.2) is 116 Å². The lowest BCUT2D eigenvalue weighted by molar-refractivity contribution is -0.152. The molecule has 1 saturated heterocycles. The van der Waals surface area contributed by atoms with Gasteiger partial charge in [-0.2, -0.15) is 0 Å². The van der Waals surface area contributed by atoms with Gasteiger partial charge < -0.3 is 29.7 Å². The summed E-state index contributed by atoms with van der Waals surface area (Å²) in [6, 6.07) is 17.1. The van der Waals surface area contributed by atoms with Crippen LogP contribution in [0.4, 0.5) is 0 Å². The Morgan fingerprint density at radius 3 is 2.05 bits per heavy atom. The standard InChI is InChI=1S/C47H71N5O8/c1-12-31(6)41(51(9)40(30(4)5)45(56)49-44(55)39(48-8)29(2)3)37(58-10)26-38(53)52-25-19-24-36(52)42(59-11)32(7)43(54)50-47(27-35(47)34-22-17-14-18-23-34)46(57)60-28-33-20-15-13-16-21-33/h13-18,20-23,29-32,35-37,39-42,48H,12,19,24-28H2,1-11H3,(H,50,54)(H,49,55,56)/t31-,32+,35+,36-,37+,39-,40-,41-,42+,47-/m0/s1. The number of methoxy groups -OCH3 is 2. The van der Waals surface area contributed by atoms with Gasteiger partial charge >= 0.3 is 5.97 Å². The van der Waals surface area contributed by atoms with Crippen molar-refractivity contribution in [2.45, 2.75) is 135 Å². The van der Waals surface area contributed by atoms with Crippen LogP contribution in [0.5, 0.6) is 0 Å². The Kier molecular flexibility index (Phi) is 17.8. The first-order valence-corrected chi connectivity index (χ1v) is 21.7. The fourth-order valence-electron chi connectivity index (χ4n) is 9.33. The van der Waals surface area contributed by atoms with Crippen molar-refractivity contribution in [3.05, 3.63) is 71.8 Å². The highest BCUT2D eigenvalue weighted by molar-refractivity contribution is 6.00. The molecule has 0 unspecified atom stereocenters. The molecule has 2 aliphatic rings. The third kappa shape index (κ3) is 11.4. The Morgan fingerprint density at radius 2 is 1.50 bits per heavy atom. The van der Waals surface area contributed by atoms with Crippen LogP contribution in [0.25, 0.3) is 0 Å². The minimum absolute atomic E-state index is 0.0185. The number of hydrogen-bond acceptors (Lipinski definition) is 10. The molecule has 2 aromatic rings. The molecule has 1 saturated carbocycles. The fourth-order valence-corrected chi connectivity index (χ4v) is 9.33. The van der Waals surface area contributed by atoms with Gasteiger partial charge in [0.2, 0.25) is 23.6 Å². The number of carbonyl (C=O) groups excluding carboxylic acids is 5. The summed E-state index contributed by atoms with van der Waals surface area (Å²) in [6.45, 7) is 14.2. The summed E-state index contributed by atoms with van der Waals surface area (Å²) >= 11 is 0. The summed E-state index contributed by atoms with van der Waals surface area (Å²) in [4.78, 5) is 73.2. The maximum atomic E-state index is 14.4. The Morgan fingerprint density at radius 1 is 0.867 bits per heavy atom. The molecular weight excluding hydrogens is 763 g/mol. The first-order chi connectivity index (χ1) is 28.6. The predicted molar refractivity (Wildman–Crippen MR) is 231 cm³/mol. The van der Waals surface area contributed by atoms with Crippen LogP contribution >= 0.6 is 0 Å². The van der Waals surface area contributed by atoms with Crippen LogP contribution in [0.3, 0.4) is 0 Å². The van der Waals surface area contributed by atoms with Crippen molar-refractivity contribution < 1.29 is 38.2 Å². The van der Waals surface area contributed by atoms with Crippen LogP contribution in [0.15, 0.2) is 60.7 Å². The normalized spacial score (nSPS) is 22.4. The van der Waals surface area contributed by atoms with Crippen LogP contribution in [0, 0.1) is 23.7 Å². The zero-order chi connectivity index (χ0) is 44.3. The third-order valence-electron chi connectivity index (χ3n) is 12.9. The van der Waals surface area contributed by atoms with Gasteiger partial charge in [-0.05, 0) is 62.2 Å². The van der Waals surface area contributed by atoms with E-state index in [0.717, 1.165) is 24.0 Å². The van der Waals surface area contributed by atoms with Crippen molar-refractivity contribution in [1.29, 1.82) is 0 Å². The van der Waals surface area contributed by atoms with Gasteiger partial charge in [0.1, 0.15) is 12.1 Å². The van der Waals surface area contributed by atoms with E-state index >= 15 is 0 Å². The topological polar surface area (TPSA) is 156 Å². The molecule has 332 valence electrons. The summed E-state index contributed by atoms with van der Waals surface area (Å²) in [5.41, 5.74) is 0.561. The molecule has 13 heteroatoms. The smallest absolute Gasteiger partial charge is 0.332 e. The highest BCUT2D eigenvalue weighted by atomic mass is 16.5. The molecule has 1 aliphatic carbocycles. The van der Waals surface area contributed by atoms with Gasteiger partial charge in [-0.3, -0.25) is 29.4 Å². The van der Waals surface area contributed by atoms with Crippen molar-refractivity contribution in [2.75, 3.05) is 34.9 Å². The van der Waals surface area contributed by atoms with Gasteiger partial charge in [-0.15, -0.1) is 0 Å². The number of ether oxygens (including phenoxy) is 3. The number of likely N-dealkylation sites (N-methyl/N-ethyl adjacent to an activating group) is 2. The van der Waals surface area contributed by atoms with Crippen molar-refractivity contribution in [3.8, 4) is 0 Å². The first kappa shape index (κ1) is 48.5. The van der Waals surface area contributed by atoms with E-state index in [1.165, 1.54) is 0 Å². The minimum Gasteiger partial charge on any atom is -0.459 e. The predicted octanol–water partition coefficient (Wildman–Crippen LogP) is 5.08. The van der Waals surface area contributed by atoms with Gasteiger partial charge in [0.05, 0.1) is 42.7 Å². The van der Waals surface area contributed by atoms with Crippen LogP contribution in [0.2, 0.25) is 0 Å². The van der Waals surface area contributed by atoms with Crippen LogP contribution in [-0.2, 0) is 44.8 Å². The van der Waals surface area contributed by atoms with E-state index in [1.807, 2.05) is 100 Å². The molecule has 2 aromatic carbocycles. The molecule has 2 fully saturated rings. The van der Waals surface area contributed by atoms with Crippen molar-refractivity contribution in [1.82, 2.24) is 25.8 Å². The number of imide groups is 1. The van der Waals surface area contributed by atoms with E-state index in [4.69, 9.17) is 14.2 Å². The SMILES string of the molecule is CC[C@H](C)[C@@H]([C@@H](CC(=O)N1CCC[C@H]1[C@H](OC)[C@@H](C)C(=O)N[C@@]1(C(=O)OCc2ccccc2)C[C@@H]1c1ccccc1)OC)N(C)[C@H](C(=O)NC(=O)[C@@H](NC)C(C)C)C(C)C. The number of nitrogens with zero attached hydrogens (tertiary/aromatic N) is 2. The summed E-state index contributed by atoms with van der Waals surface area (Å²) < 4.78 is 18.0. The second kappa shape index (κ2) is 22.1. The lowest BCUT2D eigenvalue weighted by Gasteiger charge is -2.43. The summed E-state index contributed by atoms with van der Waals surface area (Å²) in [5, 5.41) is 8.75. The van der Waals surface area contributed by atoms with Crippen LogP contribution in [0.1, 0.15) is 97.6 Å². The number of hydrogen-bond donors (Lipinski definition) is 3. The molecule has 0 radical (unpaired) electrons. The first-order valence-electron chi connectivity index (χ1n) is 21.7. The average molecular weight is 834 g/mol. The lowest BCUT2D eigenvalue weighted by Crippen LogP contribution is -2.60. The average Bonchev–Trinajstić information content (AvgIpc) is 3.75. The van der Waals surface area contributed by atoms with Gasteiger partial charge in [-0.25, -0.2) is 4.79 Å². The van der Waals surface area contributed by atoms with Crippen LogP contribution < -0.4 is 16.0 Å². The number of likely N-dealkylation sites (tertiary alicyclic amines) is 1. The fraction of sp³-hybridized carbons (Fsp3) is 0.638. The number of amides is 4. The van der Waals surface area contributed by atoms with Crippen molar-refractivity contribution >= 4 is 29.6 Å². The number of carbonyl (C=O) groups is 5. The highest BCUT2D eigenvalue weighted by Gasteiger charge is 2.63. The Bertz CT molecular complexity index is 1730. The monoisotopic (exact) mass is 834 g/mol. The second-order valence-corrected chi connectivity index (χ2v) is 17.5. The molecule has 4 amide bonds. The molecule has 0 bridgehead atoms. The molecule has 0 aromatic heterocycles. The summed E-state index contributed by atoms with van der Waals surface area (Å²) in [7, 11) is 6.71. The van der Waals surface area contributed by atoms with Gasteiger partial charge in [0, 0.05) is 32.7 Å². The number of rotatable bonds is 22. The maximum absolute atomic E-state index is 14.4. The quantitative estimate of drug-likeness (QED) is 0.137. The van der Waals surface area contributed by atoms with Crippen molar-refractivity contribution in [3.63, 3.8) is 0 Å². The van der Waals surface area contributed by atoms with Gasteiger partial charge in [0.15, 0.2) is 0 Å². The summed E-state index contributed by atoms with van der Waals surface area (Å²) in [5.74, 6) is -2.86. The van der Waals surface area contributed by atoms with E-state index in [2.05, 4.69) is 29.8 Å². The van der Waals surface area contributed by atoms with Gasteiger partial charge in [-0.1, -0.05) is 116 Å². The maximum Gasteiger partial charge on any atom is 0.332 e. The van der Waals surface area contributed by atoms with E-state index in [-0.39, 0.29) is 60.5 Å². The second-order valence-electron chi connectivity index (χ2n) is 17.5. The number of benzene rings is 2. The zero-order valence-corrected chi connectivity index (χ0v) is 37.7. The number of esters is 1. The molecular formula is C47H71N5O8. The van der Waals surface area contributed by atoms with E-state index < -0.39 is 53.7 Å². The lowest BCUT2D eigenvalue weighted by atomic mass is 9.87. The largest absolute Gasteiger partial charge is 0.459 e. The molecule has 10 atom stereocenters. The van der Waals surface area contributed by atoms with Crippen molar-refractivity contribution in [2.24, 2.45) is 23.7 Å². The third-order valence-corrected chi connectivity index (χ3v) is 12.9. The Labute approximate surface area is 358 Å². The molecule has 60 heavy (non-hydrogen) atoms. The van der Waals surface area contributed by atoms with Gasteiger partial charge in [0.25, 0.3) is 0 Å². The molecule has 0 spiro atoms. The highest BCUT2D eigenvalue weighted by Crippen LogP contribution is 2.52.